The first-order valence-corrected chi connectivity index (χ1v) is 11.2. The van der Waals surface area contributed by atoms with Crippen LogP contribution in [0.15, 0.2) is 54.7 Å². The Morgan fingerprint density at radius 1 is 1.15 bits per heavy atom. The summed E-state index contributed by atoms with van der Waals surface area (Å²) in [6.07, 6.45) is 7.65. The number of hydrogen-bond donors (Lipinski definition) is 2. The average Bonchev–Trinajstić information content (AvgIpc) is 3.12. The highest BCUT2D eigenvalue weighted by molar-refractivity contribution is 5.91. The molecule has 2 aromatic carbocycles. The van der Waals surface area contributed by atoms with E-state index in [9.17, 15) is 4.79 Å². The molecule has 0 unspecified atom stereocenters. The van der Waals surface area contributed by atoms with Gasteiger partial charge in [-0.05, 0) is 75.1 Å². The molecule has 1 fully saturated rings. The van der Waals surface area contributed by atoms with Crippen molar-refractivity contribution in [1.82, 2.24) is 19.9 Å². The SMILES string of the molecule is CC(C)NC(=O)Nc1ccc(-c2cc3ccc(Oc4nc#ccn4)cc3n2C2CCC2)cc1. The summed E-state index contributed by atoms with van der Waals surface area (Å²) in [6, 6.07) is 19.5. The van der Waals surface area contributed by atoms with Crippen LogP contribution in [-0.4, -0.2) is 26.6 Å². The maximum absolute atomic E-state index is 12.0. The van der Waals surface area contributed by atoms with E-state index in [1.165, 1.54) is 12.6 Å². The second-order valence-electron chi connectivity index (χ2n) is 8.55. The van der Waals surface area contributed by atoms with Gasteiger partial charge in [-0.25, -0.2) is 4.79 Å². The predicted molar refractivity (Wildman–Crippen MR) is 127 cm³/mol. The number of carbonyl (C=O) groups excluding carboxylic acids is 1. The molecule has 2 amide bonds. The molecule has 33 heavy (non-hydrogen) atoms. The first kappa shape index (κ1) is 20.8. The third kappa shape index (κ3) is 4.46. The third-order valence-corrected chi connectivity index (χ3v) is 5.78. The fourth-order valence-corrected chi connectivity index (χ4v) is 4.06. The van der Waals surface area contributed by atoms with Crippen LogP contribution < -0.4 is 15.4 Å². The van der Waals surface area contributed by atoms with E-state index in [-0.39, 0.29) is 18.1 Å². The van der Waals surface area contributed by atoms with Gasteiger partial charge in [0.05, 0.1) is 11.7 Å². The number of urea groups is 1. The Labute approximate surface area is 192 Å². The molecule has 166 valence electrons. The van der Waals surface area contributed by atoms with E-state index in [0.29, 0.717) is 11.8 Å². The zero-order valence-corrected chi connectivity index (χ0v) is 18.6. The van der Waals surface area contributed by atoms with E-state index in [1.54, 1.807) is 0 Å². The van der Waals surface area contributed by atoms with Crippen LogP contribution in [0.4, 0.5) is 10.5 Å². The number of benzene rings is 2. The van der Waals surface area contributed by atoms with Gasteiger partial charge in [0, 0.05) is 41.1 Å². The number of ether oxygens (including phenoxy) is 1. The molecule has 7 nitrogen and oxygen atoms in total. The van der Waals surface area contributed by atoms with Crippen LogP contribution in [0.1, 0.15) is 39.2 Å². The van der Waals surface area contributed by atoms with Crippen molar-refractivity contribution in [3.63, 3.8) is 0 Å². The van der Waals surface area contributed by atoms with E-state index in [0.717, 1.165) is 40.7 Å². The van der Waals surface area contributed by atoms with Crippen molar-refractivity contribution in [3.8, 4) is 23.0 Å². The van der Waals surface area contributed by atoms with Crippen LogP contribution in [0.5, 0.6) is 11.8 Å². The third-order valence-electron chi connectivity index (χ3n) is 5.78. The van der Waals surface area contributed by atoms with Crippen molar-refractivity contribution >= 4 is 22.6 Å². The van der Waals surface area contributed by atoms with E-state index in [4.69, 9.17) is 4.74 Å². The van der Waals surface area contributed by atoms with Gasteiger partial charge >= 0.3 is 12.0 Å². The zero-order valence-electron chi connectivity index (χ0n) is 18.6. The lowest BCUT2D eigenvalue weighted by atomic mass is 9.92. The average molecular weight is 440 g/mol. The molecule has 0 atom stereocenters. The number of nitrogens with one attached hydrogen (secondary N) is 2. The maximum Gasteiger partial charge on any atom is 0.331 e. The van der Waals surface area contributed by atoms with Crippen LogP contribution in [0, 0.1) is 12.3 Å². The van der Waals surface area contributed by atoms with Crippen molar-refractivity contribution in [2.45, 2.75) is 45.2 Å². The fraction of sp³-hybridized carbons (Fsp3) is 0.269. The summed E-state index contributed by atoms with van der Waals surface area (Å²) in [7, 11) is 0. The zero-order chi connectivity index (χ0) is 22.8. The molecule has 2 heterocycles. The van der Waals surface area contributed by atoms with Gasteiger partial charge in [0.2, 0.25) is 0 Å². The second kappa shape index (κ2) is 8.83. The Balaban J connectivity index is 1.47. The summed E-state index contributed by atoms with van der Waals surface area (Å²) in [5.41, 5.74) is 4.14. The first-order chi connectivity index (χ1) is 16.1. The molecule has 0 spiro atoms. The van der Waals surface area contributed by atoms with Gasteiger partial charge in [0.25, 0.3) is 0 Å². The summed E-state index contributed by atoms with van der Waals surface area (Å²) in [4.78, 5) is 20.1. The number of rotatable bonds is 6. The van der Waals surface area contributed by atoms with E-state index < -0.39 is 0 Å². The van der Waals surface area contributed by atoms with Gasteiger partial charge < -0.3 is 19.9 Å². The largest absolute Gasteiger partial charge is 0.424 e. The molecular formula is C26H25N5O2. The summed E-state index contributed by atoms with van der Waals surface area (Å²) in [5.74, 6) is 0.683. The van der Waals surface area contributed by atoms with Crippen LogP contribution in [0.3, 0.4) is 0 Å². The fourth-order valence-electron chi connectivity index (χ4n) is 4.06. The monoisotopic (exact) mass is 439 g/mol. The molecule has 1 aliphatic carbocycles. The molecular weight excluding hydrogens is 414 g/mol. The minimum absolute atomic E-state index is 0.0845. The lowest BCUT2D eigenvalue weighted by Gasteiger charge is -2.30. The number of nitrogens with zero attached hydrogens (tertiary/aromatic N) is 3. The van der Waals surface area contributed by atoms with Crippen molar-refractivity contribution in [2.24, 2.45) is 0 Å². The summed E-state index contributed by atoms with van der Waals surface area (Å²) in [5, 5.41) is 6.87. The van der Waals surface area contributed by atoms with Crippen molar-refractivity contribution in [2.75, 3.05) is 5.32 Å². The minimum Gasteiger partial charge on any atom is -0.424 e. The highest BCUT2D eigenvalue weighted by Gasteiger charge is 2.24. The topological polar surface area (TPSA) is 81.1 Å². The molecule has 1 aliphatic rings. The quantitative estimate of drug-likeness (QED) is 0.401. The molecule has 2 aromatic heterocycles. The van der Waals surface area contributed by atoms with E-state index in [2.05, 4.69) is 61.7 Å². The second-order valence-corrected chi connectivity index (χ2v) is 8.55. The Morgan fingerprint density at radius 3 is 2.64 bits per heavy atom. The standard InChI is InChI=1S/C26H25N5O2/c1-17(2)29-25(32)30-20-10-7-18(8-11-20)23-15-19-9-12-22(33-26-27-13-4-14-28-26)16-24(19)31(23)21-5-3-6-21/h7-13,15-17,21H,3,5-6H2,1-2H3,(H2,29,30,32). The number of hydrogen-bond acceptors (Lipinski definition) is 4. The highest BCUT2D eigenvalue weighted by atomic mass is 16.5. The lowest BCUT2D eigenvalue weighted by molar-refractivity contribution is 0.250. The lowest BCUT2D eigenvalue weighted by Crippen LogP contribution is -2.34. The van der Waals surface area contributed by atoms with E-state index in [1.807, 2.05) is 38.1 Å². The normalized spacial score (nSPS) is 13.4. The molecule has 0 aliphatic heterocycles. The van der Waals surface area contributed by atoms with Crippen LogP contribution in [0.2, 0.25) is 0 Å². The Bertz CT molecular complexity index is 1260. The van der Waals surface area contributed by atoms with Crippen molar-refractivity contribution in [3.05, 3.63) is 67.0 Å². The molecule has 1 saturated carbocycles. The molecule has 4 aromatic rings. The van der Waals surface area contributed by atoms with Gasteiger partial charge in [0.1, 0.15) is 5.75 Å². The molecule has 0 bridgehead atoms. The van der Waals surface area contributed by atoms with E-state index >= 15 is 0 Å². The number of carbonyl (C=O) groups is 1. The summed E-state index contributed by atoms with van der Waals surface area (Å²) < 4.78 is 8.24. The van der Waals surface area contributed by atoms with Crippen LogP contribution >= 0.6 is 0 Å². The highest BCUT2D eigenvalue weighted by Crippen LogP contribution is 2.41. The number of anilines is 1. The van der Waals surface area contributed by atoms with Crippen LogP contribution in [-0.2, 0) is 0 Å². The molecule has 0 radical (unpaired) electrons. The maximum atomic E-state index is 12.0. The smallest absolute Gasteiger partial charge is 0.331 e. The summed E-state index contributed by atoms with van der Waals surface area (Å²) in [6.45, 7) is 3.87. The molecule has 5 rings (SSSR count). The number of aromatic nitrogens is 3. The number of amides is 2. The van der Waals surface area contributed by atoms with Gasteiger partial charge in [-0.2, -0.15) is 4.98 Å². The van der Waals surface area contributed by atoms with Crippen molar-refractivity contribution < 1.29 is 9.53 Å². The molecule has 7 heteroatoms. The minimum atomic E-state index is -0.202. The Morgan fingerprint density at radius 2 is 1.97 bits per heavy atom. The van der Waals surface area contributed by atoms with Gasteiger partial charge in [0.15, 0.2) is 0 Å². The predicted octanol–water partition coefficient (Wildman–Crippen LogP) is 5.75. The molecule has 2 N–H and O–H groups in total. The van der Waals surface area contributed by atoms with Gasteiger partial charge in [-0.3, -0.25) is 0 Å². The Kier molecular flexibility index (Phi) is 5.57. The summed E-state index contributed by atoms with van der Waals surface area (Å²) >= 11 is 0. The molecule has 0 saturated heterocycles. The van der Waals surface area contributed by atoms with Gasteiger partial charge in [-0.1, -0.05) is 12.1 Å². The first-order valence-electron chi connectivity index (χ1n) is 11.2. The van der Waals surface area contributed by atoms with Gasteiger partial charge in [-0.15, -0.1) is 4.98 Å². The number of fused-ring (bicyclic) bond motifs is 1. The Hall–Kier alpha value is -4.05. The van der Waals surface area contributed by atoms with Crippen molar-refractivity contribution in [1.29, 1.82) is 0 Å². The van der Waals surface area contributed by atoms with Crippen LogP contribution in [0.25, 0.3) is 22.2 Å².